The van der Waals surface area contributed by atoms with Gasteiger partial charge in [-0.1, -0.05) is 12.1 Å². The maximum Gasteiger partial charge on any atom is 0.133 e. The second-order valence-corrected chi connectivity index (χ2v) is 4.76. The van der Waals surface area contributed by atoms with Gasteiger partial charge in [-0.25, -0.2) is 9.97 Å². The number of nitrogens with zero attached hydrogens (tertiary/aromatic N) is 3. The molecule has 0 amide bonds. The number of benzene rings is 1. The highest BCUT2D eigenvalue weighted by Crippen LogP contribution is 2.28. The predicted octanol–water partition coefficient (Wildman–Crippen LogP) is 2.60. The van der Waals surface area contributed by atoms with E-state index in [4.69, 9.17) is 5.73 Å². The monoisotopic (exact) mass is 276 g/mol. The maximum atomic E-state index is 6.07. The molecule has 6 nitrogen and oxygen atoms in total. The van der Waals surface area contributed by atoms with Crippen molar-refractivity contribution in [2.45, 2.75) is 0 Å². The molecule has 0 aliphatic heterocycles. The third-order valence-electron chi connectivity index (χ3n) is 3.45. The maximum absolute atomic E-state index is 6.07. The number of nitrogens with one attached hydrogen (secondary N) is 2. The van der Waals surface area contributed by atoms with Gasteiger partial charge < -0.3 is 10.7 Å². The smallest absolute Gasteiger partial charge is 0.133 e. The fourth-order valence-corrected chi connectivity index (χ4v) is 2.39. The summed E-state index contributed by atoms with van der Waals surface area (Å²) < 4.78 is 0. The summed E-state index contributed by atoms with van der Waals surface area (Å²) in [7, 11) is 0. The number of pyridine rings is 1. The average molecular weight is 276 g/mol. The van der Waals surface area contributed by atoms with Crippen LogP contribution in [0.4, 0.5) is 5.82 Å². The number of fused-ring (bicyclic) bond motifs is 1. The van der Waals surface area contributed by atoms with E-state index in [0.29, 0.717) is 5.82 Å². The Kier molecular flexibility index (Phi) is 2.47. The van der Waals surface area contributed by atoms with Crippen LogP contribution in [0.5, 0.6) is 0 Å². The lowest BCUT2D eigenvalue weighted by molar-refractivity contribution is 1.10. The van der Waals surface area contributed by atoms with Gasteiger partial charge in [0.1, 0.15) is 5.82 Å². The van der Waals surface area contributed by atoms with Crippen molar-refractivity contribution in [3.8, 4) is 22.5 Å². The predicted molar refractivity (Wildman–Crippen MR) is 81.3 cm³/mol. The van der Waals surface area contributed by atoms with E-state index in [1.54, 1.807) is 18.7 Å². The minimum absolute atomic E-state index is 0.480. The van der Waals surface area contributed by atoms with Crippen LogP contribution >= 0.6 is 0 Å². The topological polar surface area (TPSA) is 96.3 Å². The molecule has 21 heavy (non-hydrogen) atoms. The molecule has 3 heterocycles. The number of nitrogen functional groups attached to an aromatic ring is 1. The van der Waals surface area contributed by atoms with Crippen LogP contribution in [0.15, 0.2) is 49.1 Å². The van der Waals surface area contributed by atoms with Crippen molar-refractivity contribution in [2.75, 3.05) is 5.73 Å². The molecule has 4 N–H and O–H groups in total. The minimum atomic E-state index is 0.480. The lowest BCUT2D eigenvalue weighted by Crippen LogP contribution is -1.95. The molecule has 6 heteroatoms. The van der Waals surface area contributed by atoms with Gasteiger partial charge in [0.2, 0.25) is 0 Å². The first-order valence-electron chi connectivity index (χ1n) is 6.50. The van der Waals surface area contributed by atoms with Crippen LogP contribution in [0.25, 0.3) is 33.4 Å². The fraction of sp³-hybridized carbons (Fsp3) is 0. The third-order valence-corrected chi connectivity index (χ3v) is 3.45. The van der Waals surface area contributed by atoms with E-state index in [2.05, 4.69) is 25.1 Å². The molecule has 0 aliphatic rings. The zero-order valence-corrected chi connectivity index (χ0v) is 11.0. The molecule has 1 aromatic carbocycles. The summed E-state index contributed by atoms with van der Waals surface area (Å²) >= 11 is 0. The standard InChI is InChI=1S/C15H12N6/c16-15-11(14-7-17-8-18-14)5-9-1-2-10(6-13(9)20-15)12-3-4-19-21-12/h1-8H,(H2,16,20)(H,17,18)(H,19,21). The Morgan fingerprint density at radius 3 is 2.76 bits per heavy atom. The van der Waals surface area contributed by atoms with Gasteiger partial charge in [-0.3, -0.25) is 5.10 Å². The zero-order chi connectivity index (χ0) is 14.2. The number of rotatable bonds is 2. The Morgan fingerprint density at radius 2 is 2.00 bits per heavy atom. The van der Waals surface area contributed by atoms with E-state index in [9.17, 15) is 0 Å². The first-order valence-corrected chi connectivity index (χ1v) is 6.50. The Hall–Kier alpha value is -3.15. The number of imidazole rings is 1. The van der Waals surface area contributed by atoms with Crippen molar-refractivity contribution in [3.05, 3.63) is 49.1 Å². The minimum Gasteiger partial charge on any atom is -0.383 e. The zero-order valence-electron chi connectivity index (χ0n) is 11.0. The summed E-state index contributed by atoms with van der Waals surface area (Å²) in [6.07, 6.45) is 5.08. The average Bonchev–Trinajstić information content (AvgIpc) is 3.19. The molecule has 4 aromatic rings. The van der Waals surface area contributed by atoms with E-state index in [0.717, 1.165) is 33.4 Å². The molecule has 102 valence electrons. The number of aromatic amines is 2. The highest BCUT2D eigenvalue weighted by atomic mass is 15.1. The Bertz CT molecular complexity index is 893. The van der Waals surface area contributed by atoms with E-state index >= 15 is 0 Å². The molecule has 0 unspecified atom stereocenters. The number of anilines is 1. The van der Waals surface area contributed by atoms with Crippen molar-refractivity contribution in [1.29, 1.82) is 0 Å². The summed E-state index contributed by atoms with van der Waals surface area (Å²) in [5.74, 6) is 0.480. The SMILES string of the molecule is Nc1nc2cc(-c3ccn[nH]3)ccc2cc1-c1cnc[nH]1. The third kappa shape index (κ3) is 1.93. The van der Waals surface area contributed by atoms with Crippen molar-refractivity contribution < 1.29 is 0 Å². The molecule has 0 fully saturated rings. The first kappa shape index (κ1) is 11.7. The van der Waals surface area contributed by atoms with Crippen molar-refractivity contribution >= 4 is 16.7 Å². The summed E-state index contributed by atoms with van der Waals surface area (Å²) in [6.45, 7) is 0. The van der Waals surface area contributed by atoms with Gasteiger partial charge in [-0.15, -0.1) is 0 Å². The van der Waals surface area contributed by atoms with Crippen LogP contribution in [0.1, 0.15) is 0 Å². The lowest BCUT2D eigenvalue weighted by Gasteiger charge is -2.07. The molecule has 0 bridgehead atoms. The molecule has 4 rings (SSSR count). The van der Waals surface area contributed by atoms with Gasteiger partial charge in [0.25, 0.3) is 0 Å². The normalized spacial score (nSPS) is 11.0. The van der Waals surface area contributed by atoms with Crippen molar-refractivity contribution in [2.24, 2.45) is 0 Å². The second kappa shape index (κ2) is 4.45. The first-order chi connectivity index (χ1) is 10.3. The van der Waals surface area contributed by atoms with Crippen LogP contribution in [-0.4, -0.2) is 25.1 Å². The number of aromatic nitrogens is 5. The summed E-state index contributed by atoms with van der Waals surface area (Å²) in [6, 6.07) is 9.99. The van der Waals surface area contributed by atoms with Gasteiger partial charge >= 0.3 is 0 Å². The number of hydrogen-bond acceptors (Lipinski definition) is 4. The number of nitrogens with two attached hydrogens (primary N) is 1. The Morgan fingerprint density at radius 1 is 1.05 bits per heavy atom. The quantitative estimate of drug-likeness (QED) is 0.524. The van der Waals surface area contributed by atoms with Gasteiger partial charge in [0.15, 0.2) is 0 Å². The molecule has 0 aliphatic carbocycles. The summed E-state index contributed by atoms with van der Waals surface area (Å²) in [5, 5.41) is 7.93. The van der Waals surface area contributed by atoms with Gasteiger partial charge in [0, 0.05) is 22.7 Å². The molecule has 0 radical (unpaired) electrons. The largest absolute Gasteiger partial charge is 0.383 e. The lowest BCUT2D eigenvalue weighted by atomic mass is 10.1. The summed E-state index contributed by atoms with van der Waals surface area (Å²) in [5.41, 5.74) is 10.6. The van der Waals surface area contributed by atoms with Gasteiger partial charge in [-0.05, 0) is 18.2 Å². The molecular weight excluding hydrogens is 264 g/mol. The van der Waals surface area contributed by atoms with Crippen molar-refractivity contribution in [3.63, 3.8) is 0 Å². The van der Waals surface area contributed by atoms with Crippen LogP contribution < -0.4 is 5.73 Å². The second-order valence-electron chi connectivity index (χ2n) is 4.76. The summed E-state index contributed by atoms with van der Waals surface area (Å²) in [4.78, 5) is 11.6. The molecule has 0 saturated heterocycles. The van der Waals surface area contributed by atoms with Crippen molar-refractivity contribution in [1.82, 2.24) is 25.1 Å². The molecule has 0 atom stereocenters. The van der Waals surface area contributed by atoms with Crippen LogP contribution in [0.2, 0.25) is 0 Å². The Balaban J connectivity index is 1.89. The molecule has 0 spiro atoms. The van der Waals surface area contributed by atoms with E-state index in [1.807, 2.05) is 30.3 Å². The Labute approximate surface area is 120 Å². The molecule has 0 saturated carbocycles. The van der Waals surface area contributed by atoms with Crippen LogP contribution in [0, 0.1) is 0 Å². The number of hydrogen-bond donors (Lipinski definition) is 3. The molecule has 3 aromatic heterocycles. The fourth-order valence-electron chi connectivity index (χ4n) is 2.39. The van der Waals surface area contributed by atoms with E-state index in [1.165, 1.54) is 0 Å². The van der Waals surface area contributed by atoms with Gasteiger partial charge in [0.05, 0.1) is 29.4 Å². The molecular formula is C15H12N6. The van der Waals surface area contributed by atoms with Gasteiger partial charge in [-0.2, -0.15) is 5.10 Å². The van der Waals surface area contributed by atoms with E-state index < -0.39 is 0 Å². The van der Waals surface area contributed by atoms with Crippen LogP contribution in [-0.2, 0) is 0 Å². The highest BCUT2D eigenvalue weighted by Gasteiger charge is 2.09. The highest BCUT2D eigenvalue weighted by molar-refractivity contribution is 5.90. The van der Waals surface area contributed by atoms with E-state index in [-0.39, 0.29) is 0 Å². The van der Waals surface area contributed by atoms with Crippen LogP contribution in [0.3, 0.4) is 0 Å². The number of H-pyrrole nitrogens is 2.